The molecular formula is C10H16O2. The predicted octanol–water partition coefficient (Wildman–Crippen LogP) is 2.44. The van der Waals surface area contributed by atoms with Gasteiger partial charge in [-0.25, -0.2) is 4.79 Å². The lowest BCUT2D eigenvalue weighted by molar-refractivity contribution is -0.139. The van der Waals surface area contributed by atoms with E-state index < -0.39 is 0 Å². The molecule has 1 aliphatic rings. The molecule has 0 aliphatic carbocycles. The molecular weight excluding hydrogens is 152 g/mol. The van der Waals surface area contributed by atoms with Crippen molar-refractivity contribution in [3.05, 3.63) is 11.6 Å². The quantitative estimate of drug-likeness (QED) is 0.603. The van der Waals surface area contributed by atoms with Crippen LogP contribution in [0.2, 0.25) is 0 Å². The van der Waals surface area contributed by atoms with Gasteiger partial charge in [-0.3, -0.25) is 0 Å². The third-order valence-electron chi connectivity index (χ3n) is 2.13. The first kappa shape index (κ1) is 9.30. The molecule has 0 spiro atoms. The van der Waals surface area contributed by atoms with E-state index in [1.165, 1.54) is 0 Å². The fraction of sp³-hybridized carbons (Fsp3) is 0.700. The molecule has 0 fully saturated rings. The summed E-state index contributed by atoms with van der Waals surface area (Å²) in [6.45, 7) is 4.12. The van der Waals surface area contributed by atoms with Crippen molar-refractivity contribution in [3.8, 4) is 0 Å². The molecule has 2 nitrogen and oxygen atoms in total. The molecule has 1 heterocycles. The number of carbonyl (C=O) groups excluding carboxylic acids is 1. The number of carbonyl (C=O) groups is 1. The van der Waals surface area contributed by atoms with Crippen LogP contribution in [0, 0.1) is 0 Å². The average molecular weight is 168 g/mol. The zero-order valence-corrected chi connectivity index (χ0v) is 7.80. The molecule has 1 unspecified atom stereocenters. The normalized spacial score (nSPS) is 22.3. The molecule has 1 atom stereocenters. The van der Waals surface area contributed by atoms with Gasteiger partial charge >= 0.3 is 5.97 Å². The van der Waals surface area contributed by atoms with Gasteiger partial charge in [0.1, 0.15) is 6.10 Å². The molecule has 0 saturated carbocycles. The van der Waals surface area contributed by atoms with Crippen molar-refractivity contribution >= 4 is 5.97 Å². The molecule has 0 amide bonds. The Kier molecular flexibility index (Phi) is 3.32. The third kappa shape index (κ3) is 2.10. The smallest absolute Gasteiger partial charge is 0.334 e. The molecule has 12 heavy (non-hydrogen) atoms. The number of hydrogen-bond acceptors (Lipinski definition) is 2. The Labute approximate surface area is 73.6 Å². The summed E-state index contributed by atoms with van der Waals surface area (Å²) in [5, 5.41) is 0. The van der Waals surface area contributed by atoms with Crippen LogP contribution in [-0.2, 0) is 9.53 Å². The maximum atomic E-state index is 11.1. The highest BCUT2D eigenvalue weighted by molar-refractivity contribution is 5.90. The van der Waals surface area contributed by atoms with Gasteiger partial charge in [0.15, 0.2) is 0 Å². The van der Waals surface area contributed by atoms with Crippen LogP contribution in [0.1, 0.15) is 39.5 Å². The first-order valence-corrected chi connectivity index (χ1v) is 4.69. The minimum absolute atomic E-state index is 0.0624. The molecule has 0 radical (unpaired) electrons. The minimum Gasteiger partial charge on any atom is -0.455 e. The highest BCUT2D eigenvalue weighted by Gasteiger charge is 2.22. The van der Waals surface area contributed by atoms with Gasteiger partial charge in [-0.2, -0.15) is 0 Å². The summed E-state index contributed by atoms with van der Waals surface area (Å²) in [5.41, 5.74) is 0.844. The second kappa shape index (κ2) is 4.29. The molecule has 0 aromatic heterocycles. The van der Waals surface area contributed by atoms with Crippen LogP contribution in [0.15, 0.2) is 11.6 Å². The first-order valence-electron chi connectivity index (χ1n) is 4.69. The SMILES string of the molecule is CCCCC1C=C(CC)C(=O)O1. The second-order valence-corrected chi connectivity index (χ2v) is 3.13. The zero-order chi connectivity index (χ0) is 8.97. The van der Waals surface area contributed by atoms with Gasteiger partial charge in [-0.1, -0.05) is 20.3 Å². The summed E-state index contributed by atoms with van der Waals surface area (Å²) < 4.78 is 5.14. The Morgan fingerprint density at radius 2 is 2.25 bits per heavy atom. The Morgan fingerprint density at radius 3 is 2.75 bits per heavy atom. The summed E-state index contributed by atoms with van der Waals surface area (Å²) in [7, 11) is 0. The average Bonchev–Trinajstić information content (AvgIpc) is 2.43. The molecule has 0 N–H and O–H groups in total. The van der Waals surface area contributed by atoms with Crippen LogP contribution in [0.3, 0.4) is 0 Å². The Bertz CT molecular complexity index is 194. The molecule has 1 rings (SSSR count). The fourth-order valence-corrected chi connectivity index (χ4v) is 1.35. The van der Waals surface area contributed by atoms with Crippen molar-refractivity contribution in [2.45, 2.75) is 45.6 Å². The van der Waals surface area contributed by atoms with Gasteiger partial charge < -0.3 is 4.74 Å². The van der Waals surface area contributed by atoms with Gasteiger partial charge in [0.05, 0.1) is 0 Å². The van der Waals surface area contributed by atoms with Crippen LogP contribution in [0.5, 0.6) is 0 Å². The Morgan fingerprint density at radius 1 is 1.50 bits per heavy atom. The lowest BCUT2D eigenvalue weighted by Gasteiger charge is -2.05. The van der Waals surface area contributed by atoms with E-state index >= 15 is 0 Å². The van der Waals surface area contributed by atoms with E-state index in [0.717, 1.165) is 31.3 Å². The number of ether oxygens (including phenoxy) is 1. The number of cyclic esters (lactones) is 1. The number of rotatable bonds is 4. The number of unbranched alkanes of at least 4 members (excludes halogenated alkanes) is 1. The summed E-state index contributed by atoms with van der Waals surface area (Å²) in [6, 6.07) is 0. The summed E-state index contributed by atoms with van der Waals surface area (Å²) in [6.07, 6.45) is 6.09. The topological polar surface area (TPSA) is 26.3 Å². The van der Waals surface area contributed by atoms with Crippen molar-refractivity contribution in [1.82, 2.24) is 0 Å². The summed E-state index contributed by atoms with van der Waals surface area (Å²) in [4.78, 5) is 11.1. The van der Waals surface area contributed by atoms with Crippen molar-refractivity contribution in [2.75, 3.05) is 0 Å². The molecule has 68 valence electrons. The van der Waals surface area contributed by atoms with E-state index in [1.54, 1.807) is 0 Å². The van der Waals surface area contributed by atoms with E-state index in [4.69, 9.17) is 4.74 Å². The molecule has 0 aromatic carbocycles. The molecule has 0 aromatic rings. The Hall–Kier alpha value is -0.790. The lowest BCUT2D eigenvalue weighted by atomic mass is 10.1. The van der Waals surface area contributed by atoms with E-state index in [9.17, 15) is 4.79 Å². The van der Waals surface area contributed by atoms with Crippen LogP contribution >= 0.6 is 0 Å². The van der Waals surface area contributed by atoms with Crippen LogP contribution in [0.4, 0.5) is 0 Å². The molecule has 2 heteroatoms. The van der Waals surface area contributed by atoms with Gasteiger partial charge in [-0.15, -0.1) is 0 Å². The second-order valence-electron chi connectivity index (χ2n) is 3.13. The van der Waals surface area contributed by atoms with Crippen LogP contribution < -0.4 is 0 Å². The fourth-order valence-electron chi connectivity index (χ4n) is 1.35. The van der Waals surface area contributed by atoms with Gasteiger partial charge in [-0.05, 0) is 25.3 Å². The zero-order valence-electron chi connectivity index (χ0n) is 7.80. The minimum atomic E-state index is -0.112. The third-order valence-corrected chi connectivity index (χ3v) is 2.13. The summed E-state index contributed by atoms with van der Waals surface area (Å²) in [5.74, 6) is -0.112. The van der Waals surface area contributed by atoms with E-state index in [0.29, 0.717) is 0 Å². The molecule has 0 saturated heterocycles. The van der Waals surface area contributed by atoms with E-state index in [-0.39, 0.29) is 12.1 Å². The monoisotopic (exact) mass is 168 g/mol. The lowest BCUT2D eigenvalue weighted by Crippen LogP contribution is -2.07. The Balaban J connectivity index is 2.41. The van der Waals surface area contributed by atoms with Crippen molar-refractivity contribution in [1.29, 1.82) is 0 Å². The van der Waals surface area contributed by atoms with Gasteiger partial charge in [0, 0.05) is 5.57 Å². The maximum absolute atomic E-state index is 11.1. The highest BCUT2D eigenvalue weighted by Crippen LogP contribution is 2.19. The predicted molar refractivity (Wildman–Crippen MR) is 47.8 cm³/mol. The standard InChI is InChI=1S/C10H16O2/c1-3-5-6-9-7-8(4-2)10(11)12-9/h7,9H,3-6H2,1-2H3. The first-order chi connectivity index (χ1) is 5.77. The molecule has 1 aliphatic heterocycles. The van der Waals surface area contributed by atoms with E-state index in [1.807, 2.05) is 13.0 Å². The summed E-state index contributed by atoms with van der Waals surface area (Å²) >= 11 is 0. The largest absolute Gasteiger partial charge is 0.455 e. The van der Waals surface area contributed by atoms with Crippen molar-refractivity contribution < 1.29 is 9.53 Å². The molecule has 0 bridgehead atoms. The van der Waals surface area contributed by atoms with Crippen molar-refractivity contribution in [2.24, 2.45) is 0 Å². The highest BCUT2D eigenvalue weighted by atomic mass is 16.5. The van der Waals surface area contributed by atoms with Gasteiger partial charge in [0.25, 0.3) is 0 Å². The van der Waals surface area contributed by atoms with Crippen LogP contribution in [0.25, 0.3) is 0 Å². The number of esters is 1. The van der Waals surface area contributed by atoms with Gasteiger partial charge in [0.2, 0.25) is 0 Å². The van der Waals surface area contributed by atoms with Crippen molar-refractivity contribution in [3.63, 3.8) is 0 Å². The van der Waals surface area contributed by atoms with E-state index in [2.05, 4.69) is 6.92 Å². The number of hydrogen-bond donors (Lipinski definition) is 0. The maximum Gasteiger partial charge on any atom is 0.334 e. The van der Waals surface area contributed by atoms with Crippen LogP contribution in [-0.4, -0.2) is 12.1 Å².